The van der Waals surface area contributed by atoms with Crippen molar-refractivity contribution in [3.63, 3.8) is 0 Å². The van der Waals surface area contributed by atoms with E-state index in [1.807, 2.05) is 18.2 Å². The van der Waals surface area contributed by atoms with Crippen LogP contribution in [-0.2, 0) is 11.8 Å². The van der Waals surface area contributed by atoms with Gasteiger partial charge >= 0.3 is 0 Å². The lowest BCUT2D eigenvalue weighted by molar-refractivity contribution is 0.276. The van der Waals surface area contributed by atoms with Crippen molar-refractivity contribution in [2.24, 2.45) is 0 Å². The highest BCUT2D eigenvalue weighted by Gasteiger charge is 2.39. The molecule has 1 aromatic heterocycles. The van der Waals surface area contributed by atoms with Crippen molar-refractivity contribution >= 4 is 34.5 Å². The first-order valence-electron chi connectivity index (χ1n) is 5.89. The molecular weight excluding hydrogens is 285 g/mol. The molecule has 0 radical (unpaired) electrons. The Balaban J connectivity index is 1.90. The van der Waals surface area contributed by atoms with Gasteiger partial charge < -0.3 is 5.32 Å². The second-order valence-corrected chi connectivity index (χ2v) is 7.01. The third-order valence-corrected chi connectivity index (χ3v) is 4.97. The van der Waals surface area contributed by atoms with Gasteiger partial charge in [0.1, 0.15) is 0 Å². The van der Waals surface area contributed by atoms with Crippen LogP contribution in [-0.4, -0.2) is 13.1 Å². The Morgan fingerprint density at radius 2 is 2.00 bits per heavy atom. The predicted octanol–water partition coefficient (Wildman–Crippen LogP) is 4.14. The number of hydrogen-bond donors (Lipinski definition) is 1. The fraction of sp³-hybridized carbons (Fsp3) is 0.286. The van der Waals surface area contributed by atoms with Gasteiger partial charge in [0, 0.05) is 28.4 Å². The monoisotopic (exact) mass is 297 g/mol. The van der Waals surface area contributed by atoms with Crippen LogP contribution in [0, 0.1) is 0 Å². The maximum absolute atomic E-state index is 6.10. The summed E-state index contributed by atoms with van der Waals surface area (Å²) in [5, 5.41) is 4.18. The standard InChI is InChI=1S/C14H13Cl2NS/c15-11-3-1-2-10(6-11)14(8-17-9-14)7-12-4-5-13(16)18-12/h1-6,17H,7-9H2. The van der Waals surface area contributed by atoms with Crippen molar-refractivity contribution in [2.45, 2.75) is 11.8 Å². The van der Waals surface area contributed by atoms with Gasteiger partial charge in [-0.05, 0) is 36.2 Å². The van der Waals surface area contributed by atoms with Gasteiger partial charge in [-0.1, -0.05) is 35.3 Å². The Kier molecular flexibility index (Phi) is 3.37. The van der Waals surface area contributed by atoms with Gasteiger partial charge in [-0.2, -0.15) is 0 Å². The summed E-state index contributed by atoms with van der Waals surface area (Å²) >= 11 is 13.8. The lowest BCUT2D eigenvalue weighted by atomic mass is 9.72. The molecule has 0 spiro atoms. The van der Waals surface area contributed by atoms with Gasteiger partial charge in [0.2, 0.25) is 0 Å². The van der Waals surface area contributed by atoms with E-state index in [0.717, 1.165) is 28.9 Å². The minimum absolute atomic E-state index is 0.180. The highest BCUT2D eigenvalue weighted by Crippen LogP contribution is 2.36. The van der Waals surface area contributed by atoms with Crippen LogP contribution in [0.1, 0.15) is 10.4 Å². The van der Waals surface area contributed by atoms with Crippen molar-refractivity contribution in [2.75, 3.05) is 13.1 Å². The highest BCUT2D eigenvalue weighted by atomic mass is 35.5. The molecule has 0 amide bonds. The average molecular weight is 298 g/mol. The maximum Gasteiger partial charge on any atom is 0.0931 e. The summed E-state index contributed by atoms with van der Waals surface area (Å²) < 4.78 is 0.860. The Morgan fingerprint density at radius 1 is 1.17 bits per heavy atom. The molecule has 0 atom stereocenters. The van der Waals surface area contributed by atoms with Crippen molar-refractivity contribution in [1.29, 1.82) is 0 Å². The van der Waals surface area contributed by atoms with Crippen LogP contribution in [0.4, 0.5) is 0 Å². The molecule has 2 heterocycles. The molecule has 2 aromatic rings. The van der Waals surface area contributed by atoms with Gasteiger partial charge in [-0.25, -0.2) is 0 Å². The van der Waals surface area contributed by atoms with Gasteiger partial charge in [-0.3, -0.25) is 0 Å². The lowest BCUT2D eigenvalue weighted by Gasteiger charge is -2.43. The fourth-order valence-corrected chi connectivity index (χ4v) is 3.88. The van der Waals surface area contributed by atoms with E-state index in [4.69, 9.17) is 23.2 Å². The Morgan fingerprint density at radius 3 is 2.56 bits per heavy atom. The average Bonchev–Trinajstić information content (AvgIpc) is 2.69. The number of benzene rings is 1. The molecule has 0 unspecified atom stereocenters. The molecule has 0 aliphatic carbocycles. The zero-order valence-corrected chi connectivity index (χ0v) is 12.1. The molecule has 0 bridgehead atoms. The highest BCUT2D eigenvalue weighted by molar-refractivity contribution is 7.16. The van der Waals surface area contributed by atoms with Crippen molar-refractivity contribution in [1.82, 2.24) is 5.32 Å². The third-order valence-electron chi connectivity index (χ3n) is 3.51. The van der Waals surface area contributed by atoms with Gasteiger partial charge in [0.25, 0.3) is 0 Å². The number of rotatable bonds is 3. The molecule has 3 rings (SSSR count). The maximum atomic E-state index is 6.10. The van der Waals surface area contributed by atoms with E-state index >= 15 is 0 Å². The van der Waals surface area contributed by atoms with Crippen LogP contribution in [0.3, 0.4) is 0 Å². The summed E-state index contributed by atoms with van der Waals surface area (Å²) in [5.41, 5.74) is 1.50. The SMILES string of the molecule is Clc1cccc(C2(Cc3ccc(Cl)s3)CNC2)c1. The van der Waals surface area contributed by atoms with Gasteiger partial charge in [0.15, 0.2) is 0 Å². The van der Waals surface area contributed by atoms with Crippen LogP contribution >= 0.6 is 34.5 Å². The number of hydrogen-bond acceptors (Lipinski definition) is 2. The normalized spacial score (nSPS) is 17.4. The molecule has 94 valence electrons. The van der Waals surface area contributed by atoms with Crippen LogP contribution in [0.2, 0.25) is 9.36 Å². The molecule has 1 saturated heterocycles. The molecule has 1 aromatic carbocycles. The van der Waals surface area contributed by atoms with Crippen molar-refractivity contribution in [3.8, 4) is 0 Å². The van der Waals surface area contributed by atoms with E-state index in [1.54, 1.807) is 11.3 Å². The molecule has 1 N–H and O–H groups in total. The number of nitrogens with one attached hydrogen (secondary N) is 1. The smallest absolute Gasteiger partial charge is 0.0931 e. The topological polar surface area (TPSA) is 12.0 Å². The molecule has 0 saturated carbocycles. The zero-order chi connectivity index (χ0) is 12.6. The van der Waals surface area contributed by atoms with Crippen LogP contribution in [0.25, 0.3) is 0 Å². The van der Waals surface area contributed by atoms with E-state index in [0.29, 0.717) is 0 Å². The Hall–Kier alpha value is -0.540. The minimum atomic E-state index is 0.180. The lowest BCUT2D eigenvalue weighted by Crippen LogP contribution is -2.58. The molecule has 4 heteroatoms. The Bertz CT molecular complexity index is 560. The fourth-order valence-electron chi connectivity index (χ4n) is 2.46. The van der Waals surface area contributed by atoms with Crippen LogP contribution in [0.15, 0.2) is 36.4 Å². The van der Waals surface area contributed by atoms with E-state index < -0.39 is 0 Å². The zero-order valence-electron chi connectivity index (χ0n) is 9.75. The molecule has 1 nitrogen and oxygen atoms in total. The molecule has 1 fully saturated rings. The summed E-state index contributed by atoms with van der Waals surface area (Å²) in [5.74, 6) is 0. The Labute approximate surface area is 121 Å². The van der Waals surface area contributed by atoms with Crippen molar-refractivity contribution < 1.29 is 0 Å². The van der Waals surface area contributed by atoms with E-state index in [-0.39, 0.29) is 5.41 Å². The van der Waals surface area contributed by atoms with Crippen molar-refractivity contribution in [3.05, 3.63) is 56.2 Å². The summed E-state index contributed by atoms with van der Waals surface area (Å²) in [4.78, 5) is 1.33. The quantitative estimate of drug-likeness (QED) is 0.898. The number of thiophene rings is 1. The minimum Gasteiger partial charge on any atom is -0.315 e. The van der Waals surface area contributed by atoms with E-state index in [1.165, 1.54) is 10.4 Å². The molecule has 18 heavy (non-hydrogen) atoms. The molecular formula is C14H13Cl2NS. The summed E-state index contributed by atoms with van der Waals surface area (Å²) in [6, 6.07) is 12.3. The van der Waals surface area contributed by atoms with E-state index in [9.17, 15) is 0 Å². The summed E-state index contributed by atoms with van der Waals surface area (Å²) in [6.45, 7) is 2.01. The second kappa shape index (κ2) is 4.86. The predicted molar refractivity (Wildman–Crippen MR) is 79.0 cm³/mol. The van der Waals surface area contributed by atoms with Gasteiger partial charge in [0.05, 0.1) is 4.34 Å². The second-order valence-electron chi connectivity index (χ2n) is 4.78. The van der Waals surface area contributed by atoms with Gasteiger partial charge in [-0.15, -0.1) is 11.3 Å². The van der Waals surface area contributed by atoms with Crippen LogP contribution in [0.5, 0.6) is 0 Å². The first kappa shape index (κ1) is 12.5. The summed E-state index contributed by atoms with van der Waals surface area (Å²) in [7, 11) is 0. The van der Waals surface area contributed by atoms with E-state index in [2.05, 4.69) is 23.5 Å². The first-order valence-corrected chi connectivity index (χ1v) is 7.46. The van der Waals surface area contributed by atoms with Crippen LogP contribution < -0.4 is 5.32 Å². The first-order chi connectivity index (χ1) is 8.68. The molecule has 1 aliphatic heterocycles. The molecule has 1 aliphatic rings. The summed E-state index contributed by atoms with van der Waals surface area (Å²) in [6.07, 6.45) is 1.03. The largest absolute Gasteiger partial charge is 0.315 e. The third kappa shape index (κ3) is 2.30. The number of halogens is 2.